The lowest BCUT2D eigenvalue weighted by atomic mass is 10.2. The maximum Gasteiger partial charge on any atom is 0.106 e. The number of hydrogen-bond acceptors (Lipinski definition) is 2. The van der Waals surface area contributed by atoms with Gasteiger partial charge >= 0.3 is 0 Å². The van der Waals surface area contributed by atoms with Crippen LogP contribution in [0.1, 0.15) is 37.8 Å². The highest BCUT2D eigenvalue weighted by Crippen LogP contribution is 2.17. The molecule has 0 saturated heterocycles. The summed E-state index contributed by atoms with van der Waals surface area (Å²) in [6.07, 6.45) is -0.0506. The highest BCUT2D eigenvalue weighted by molar-refractivity contribution is 5.14. The molecule has 0 bridgehead atoms. The number of aliphatic hydroxyl groups is 1. The molecular formula is C11H16N2O. The van der Waals surface area contributed by atoms with E-state index in [2.05, 4.69) is 16.9 Å². The third-order valence-corrected chi connectivity index (χ3v) is 2.05. The maximum absolute atomic E-state index is 9.81. The van der Waals surface area contributed by atoms with E-state index in [9.17, 15) is 5.11 Å². The largest absolute Gasteiger partial charge is 0.386 e. The predicted octanol–water partition coefficient (Wildman–Crippen LogP) is 1.66. The van der Waals surface area contributed by atoms with Gasteiger partial charge in [0, 0.05) is 13.0 Å². The van der Waals surface area contributed by atoms with Gasteiger partial charge in [-0.1, -0.05) is 0 Å². The Balaban J connectivity index is 2.85. The summed E-state index contributed by atoms with van der Waals surface area (Å²) in [5.41, 5.74) is 1.79. The number of nitrogens with zero attached hydrogens (tertiary/aromatic N) is 2. The summed E-state index contributed by atoms with van der Waals surface area (Å²) in [6.45, 7) is 6.48. The first-order valence-corrected chi connectivity index (χ1v) is 4.81. The fourth-order valence-corrected chi connectivity index (χ4v) is 1.39. The van der Waals surface area contributed by atoms with E-state index >= 15 is 0 Å². The molecule has 3 heteroatoms. The van der Waals surface area contributed by atoms with Gasteiger partial charge in [0.15, 0.2) is 0 Å². The van der Waals surface area contributed by atoms with E-state index in [0.29, 0.717) is 6.42 Å². The number of aromatic nitrogens is 2. The van der Waals surface area contributed by atoms with Crippen LogP contribution in [0.5, 0.6) is 0 Å². The van der Waals surface area contributed by atoms with Crippen LogP contribution < -0.4 is 0 Å². The Kier molecular flexibility index (Phi) is 3.73. The van der Waals surface area contributed by atoms with E-state index in [0.717, 1.165) is 17.9 Å². The molecule has 0 aromatic carbocycles. The lowest BCUT2D eigenvalue weighted by Gasteiger charge is -2.08. The van der Waals surface area contributed by atoms with Crippen LogP contribution in [-0.4, -0.2) is 14.9 Å². The Hall–Kier alpha value is -1.27. The minimum Gasteiger partial charge on any atom is -0.386 e. The van der Waals surface area contributed by atoms with Gasteiger partial charge < -0.3 is 5.11 Å². The molecule has 1 aromatic heterocycles. The van der Waals surface area contributed by atoms with Gasteiger partial charge in [0.25, 0.3) is 0 Å². The maximum atomic E-state index is 9.81. The zero-order valence-electron chi connectivity index (χ0n) is 8.91. The molecule has 0 radical (unpaired) electrons. The van der Waals surface area contributed by atoms with Gasteiger partial charge in [-0.15, -0.1) is 11.8 Å². The summed E-state index contributed by atoms with van der Waals surface area (Å²) < 4.78 is 1.82. The highest BCUT2D eigenvalue weighted by Gasteiger charge is 2.12. The van der Waals surface area contributed by atoms with Crippen molar-refractivity contribution in [2.45, 2.75) is 39.8 Å². The van der Waals surface area contributed by atoms with Crippen molar-refractivity contribution in [3.8, 4) is 11.8 Å². The second kappa shape index (κ2) is 4.83. The summed E-state index contributed by atoms with van der Waals surface area (Å²) >= 11 is 0. The van der Waals surface area contributed by atoms with Gasteiger partial charge in [0.2, 0.25) is 0 Å². The number of hydrogen-bond donors (Lipinski definition) is 1. The molecule has 1 N–H and O–H groups in total. The normalized spacial score (nSPS) is 12.0. The molecule has 76 valence electrons. The molecule has 0 spiro atoms. The van der Waals surface area contributed by atoms with E-state index in [1.165, 1.54) is 0 Å². The van der Waals surface area contributed by atoms with Crippen molar-refractivity contribution in [3.05, 3.63) is 17.5 Å². The molecule has 14 heavy (non-hydrogen) atoms. The van der Waals surface area contributed by atoms with Crippen molar-refractivity contribution in [2.75, 3.05) is 0 Å². The standard InChI is InChI=1S/C11H16N2O/c1-4-6-7-11(14)10-8-9(3)12-13(10)5-2/h8,11,14H,5,7H2,1-3H3. The molecule has 1 aromatic rings. The average molecular weight is 192 g/mol. The van der Waals surface area contributed by atoms with Crippen LogP contribution in [0.3, 0.4) is 0 Å². The quantitative estimate of drug-likeness (QED) is 0.740. The molecule has 1 atom stereocenters. The smallest absolute Gasteiger partial charge is 0.106 e. The third-order valence-electron chi connectivity index (χ3n) is 2.05. The fourth-order valence-electron chi connectivity index (χ4n) is 1.39. The van der Waals surface area contributed by atoms with Crippen LogP contribution in [-0.2, 0) is 6.54 Å². The monoisotopic (exact) mass is 192 g/mol. The molecule has 1 unspecified atom stereocenters. The van der Waals surface area contributed by atoms with Crippen LogP contribution in [0.2, 0.25) is 0 Å². The minimum absolute atomic E-state index is 0.474. The first-order valence-electron chi connectivity index (χ1n) is 4.81. The Morgan fingerprint density at radius 1 is 1.64 bits per heavy atom. The Bertz CT molecular complexity index is 357. The Morgan fingerprint density at radius 2 is 2.36 bits per heavy atom. The first-order chi connectivity index (χ1) is 6.69. The van der Waals surface area contributed by atoms with Crippen LogP contribution in [0.25, 0.3) is 0 Å². The zero-order valence-corrected chi connectivity index (χ0v) is 8.91. The van der Waals surface area contributed by atoms with Crippen molar-refractivity contribution in [2.24, 2.45) is 0 Å². The second-order valence-electron chi connectivity index (χ2n) is 3.17. The van der Waals surface area contributed by atoms with Crippen LogP contribution in [0.4, 0.5) is 0 Å². The molecule has 0 aliphatic carbocycles. The van der Waals surface area contributed by atoms with E-state index in [1.54, 1.807) is 6.92 Å². The molecule has 0 aliphatic heterocycles. The summed E-state index contributed by atoms with van der Waals surface area (Å²) in [5.74, 6) is 5.64. The topological polar surface area (TPSA) is 38.1 Å². The van der Waals surface area contributed by atoms with Gasteiger partial charge in [-0.25, -0.2) is 0 Å². The van der Waals surface area contributed by atoms with Gasteiger partial charge in [-0.3, -0.25) is 4.68 Å². The molecule has 1 heterocycles. The Morgan fingerprint density at radius 3 is 2.93 bits per heavy atom. The van der Waals surface area contributed by atoms with Crippen molar-refractivity contribution < 1.29 is 5.11 Å². The minimum atomic E-state index is -0.524. The highest BCUT2D eigenvalue weighted by atomic mass is 16.3. The molecule has 0 fully saturated rings. The number of rotatable bonds is 3. The molecule has 1 rings (SSSR count). The zero-order chi connectivity index (χ0) is 10.6. The number of aryl methyl sites for hydroxylation is 2. The van der Waals surface area contributed by atoms with Crippen LogP contribution in [0, 0.1) is 18.8 Å². The molecule has 0 amide bonds. The van der Waals surface area contributed by atoms with Crippen molar-refractivity contribution in [3.63, 3.8) is 0 Å². The SMILES string of the molecule is CC#CCC(O)c1cc(C)nn1CC. The number of aliphatic hydroxyl groups excluding tert-OH is 1. The fraction of sp³-hybridized carbons (Fsp3) is 0.545. The van der Waals surface area contributed by atoms with Gasteiger partial charge in [0.05, 0.1) is 11.4 Å². The molecule has 3 nitrogen and oxygen atoms in total. The van der Waals surface area contributed by atoms with Crippen LogP contribution >= 0.6 is 0 Å². The second-order valence-corrected chi connectivity index (χ2v) is 3.17. The summed E-state index contributed by atoms with van der Waals surface area (Å²) in [4.78, 5) is 0. The summed E-state index contributed by atoms with van der Waals surface area (Å²) in [7, 11) is 0. The lowest BCUT2D eigenvalue weighted by molar-refractivity contribution is 0.172. The van der Waals surface area contributed by atoms with E-state index < -0.39 is 6.10 Å². The first kappa shape index (κ1) is 10.8. The van der Waals surface area contributed by atoms with E-state index in [-0.39, 0.29) is 0 Å². The molecule has 0 saturated carbocycles. The Labute approximate surface area is 84.8 Å². The van der Waals surface area contributed by atoms with Crippen LogP contribution in [0.15, 0.2) is 6.07 Å². The van der Waals surface area contributed by atoms with Gasteiger partial charge in [0.1, 0.15) is 6.10 Å². The van der Waals surface area contributed by atoms with E-state index in [1.807, 2.05) is 24.6 Å². The van der Waals surface area contributed by atoms with Crippen molar-refractivity contribution in [1.29, 1.82) is 0 Å². The third kappa shape index (κ3) is 2.36. The van der Waals surface area contributed by atoms with Gasteiger partial charge in [-0.05, 0) is 26.8 Å². The van der Waals surface area contributed by atoms with Gasteiger partial charge in [-0.2, -0.15) is 5.10 Å². The lowest BCUT2D eigenvalue weighted by Crippen LogP contribution is -2.07. The summed E-state index contributed by atoms with van der Waals surface area (Å²) in [5, 5.41) is 14.1. The molecule has 0 aliphatic rings. The average Bonchev–Trinajstić information content (AvgIpc) is 2.56. The van der Waals surface area contributed by atoms with Crippen molar-refractivity contribution >= 4 is 0 Å². The summed E-state index contributed by atoms with van der Waals surface area (Å²) in [6, 6.07) is 1.91. The predicted molar refractivity (Wildman–Crippen MR) is 55.7 cm³/mol. The van der Waals surface area contributed by atoms with Crippen molar-refractivity contribution in [1.82, 2.24) is 9.78 Å². The van der Waals surface area contributed by atoms with E-state index in [4.69, 9.17) is 0 Å². The molecular weight excluding hydrogens is 176 g/mol.